The Bertz CT molecular complexity index is 542. The Morgan fingerprint density at radius 1 is 0.962 bits per heavy atom. The highest BCUT2D eigenvalue weighted by Gasteiger charge is 2.23. The lowest BCUT2D eigenvalue weighted by Crippen LogP contribution is -2.23. The highest BCUT2D eigenvalue weighted by molar-refractivity contribution is 8.75. The number of rotatable bonds is 5. The maximum Gasteiger partial charge on any atom is 0.446 e. The van der Waals surface area contributed by atoms with Gasteiger partial charge in [-0.05, 0) is 13.8 Å². The van der Waals surface area contributed by atoms with Crippen molar-refractivity contribution in [1.29, 1.82) is 0 Å². The van der Waals surface area contributed by atoms with E-state index in [-0.39, 0.29) is 12.2 Å². The average Bonchev–Trinajstić information content (AvgIpc) is 3.22. The Morgan fingerprint density at radius 2 is 1.35 bits per heavy atom. The van der Waals surface area contributed by atoms with Gasteiger partial charge in [0, 0.05) is 36.1 Å². The van der Waals surface area contributed by atoms with Gasteiger partial charge in [-0.1, -0.05) is 33.8 Å². The van der Waals surface area contributed by atoms with Gasteiger partial charge < -0.3 is 9.47 Å². The summed E-state index contributed by atoms with van der Waals surface area (Å²) in [6, 6.07) is 0. The SMILES string of the molecule is CC1OCSC1=NOC(=O)N(C)SSN(C)C(=O)ON=C1SCOC1C. The smallest absolute Gasteiger partial charge is 0.361 e. The summed E-state index contributed by atoms with van der Waals surface area (Å²) in [5.41, 5.74) is 0. The van der Waals surface area contributed by atoms with Crippen LogP contribution in [0.1, 0.15) is 13.8 Å². The summed E-state index contributed by atoms with van der Waals surface area (Å²) < 4.78 is 12.9. The predicted molar refractivity (Wildman–Crippen MR) is 105 cm³/mol. The van der Waals surface area contributed by atoms with Gasteiger partial charge in [0.25, 0.3) is 0 Å². The molecule has 0 aromatic heterocycles. The van der Waals surface area contributed by atoms with Gasteiger partial charge in [0.2, 0.25) is 0 Å². The molecule has 10 nitrogen and oxygen atoms in total. The molecule has 2 unspecified atom stereocenters. The van der Waals surface area contributed by atoms with Crippen LogP contribution < -0.4 is 0 Å². The van der Waals surface area contributed by atoms with Crippen LogP contribution in [-0.2, 0) is 19.1 Å². The van der Waals surface area contributed by atoms with Crippen molar-refractivity contribution in [2.75, 3.05) is 26.0 Å². The van der Waals surface area contributed by atoms with E-state index in [0.29, 0.717) is 22.0 Å². The molecular formula is C12H18N4O6S4. The van der Waals surface area contributed by atoms with Crippen LogP contribution >= 0.6 is 45.5 Å². The van der Waals surface area contributed by atoms with Crippen LogP contribution in [0.2, 0.25) is 0 Å². The topological polar surface area (TPSA) is 102 Å². The molecule has 2 rings (SSSR count). The Labute approximate surface area is 167 Å². The van der Waals surface area contributed by atoms with Crippen LogP contribution in [0.25, 0.3) is 0 Å². The summed E-state index contributed by atoms with van der Waals surface area (Å²) in [4.78, 5) is 33.4. The minimum atomic E-state index is -0.676. The second-order valence-electron chi connectivity index (χ2n) is 4.86. The molecule has 146 valence electrons. The maximum absolute atomic E-state index is 11.9. The van der Waals surface area contributed by atoms with Gasteiger partial charge in [0.15, 0.2) is 0 Å². The number of carbonyl (C=O) groups excluding carboxylic acids is 2. The average molecular weight is 443 g/mol. The van der Waals surface area contributed by atoms with Crippen LogP contribution in [0.5, 0.6) is 0 Å². The monoisotopic (exact) mass is 442 g/mol. The molecule has 2 fully saturated rings. The zero-order valence-corrected chi connectivity index (χ0v) is 17.7. The lowest BCUT2D eigenvalue weighted by atomic mass is 10.4. The summed E-state index contributed by atoms with van der Waals surface area (Å²) >= 11 is 2.74. The van der Waals surface area contributed by atoms with Crippen molar-refractivity contribution in [2.24, 2.45) is 10.3 Å². The third-order valence-corrected chi connectivity index (χ3v) is 7.21. The molecule has 2 atom stereocenters. The van der Waals surface area contributed by atoms with Crippen LogP contribution in [0.3, 0.4) is 0 Å². The molecule has 2 amide bonds. The van der Waals surface area contributed by atoms with Gasteiger partial charge in [-0.15, -0.1) is 0 Å². The quantitative estimate of drug-likeness (QED) is 0.273. The second kappa shape index (κ2) is 10.5. The van der Waals surface area contributed by atoms with Crippen molar-refractivity contribution in [3.63, 3.8) is 0 Å². The van der Waals surface area contributed by atoms with E-state index in [1.165, 1.54) is 46.2 Å². The van der Waals surface area contributed by atoms with E-state index < -0.39 is 12.2 Å². The van der Waals surface area contributed by atoms with Gasteiger partial charge in [-0.3, -0.25) is 9.68 Å². The third kappa shape index (κ3) is 6.42. The molecule has 2 saturated heterocycles. The normalized spacial score (nSPS) is 25.5. The Kier molecular flexibility index (Phi) is 8.69. The molecule has 14 heteroatoms. The van der Waals surface area contributed by atoms with Gasteiger partial charge >= 0.3 is 12.2 Å². The van der Waals surface area contributed by atoms with Crippen molar-refractivity contribution in [3.05, 3.63) is 0 Å². The molecule has 0 aliphatic carbocycles. The van der Waals surface area contributed by atoms with Crippen molar-refractivity contribution < 1.29 is 28.7 Å². The van der Waals surface area contributed by atoms with E-state index in [1.807, 2.05) is 13.8 Å². The molecule has 2 aliphatic rings. The molecule has 0 radical (unpaired) electrons. The van der Waals surface area contributed by atoms with Crippen molar-refractivity contribution in [2.45, 2.75) is 26.1 Å². The first kappa shape index (κ1) is 21.5. The number of amides is 2. The summed E-state index contributed by atoms with van der Waals surface area (Å²) in [6.07, 6.45) is -1.72. The van der Waals surface area contributed by atoms with Crippen LogP contribution in [0.4, 0.5) is 9.59 Å². The summed E-state index contributed by atoms with van der Waals surface area (Å²) in [6.45, 7) is 3.64. The first-order valence-corrected chi connectivity index (χ1v) is 11.3. The van der Waals surface area contributed by atoms with Crippen LogP contribution in [0.15, 0.2) is 10.3 Å². The van der Waals surface area contributed by atoms with Crippen molar-refractivity contribution in [3.8, 4) is 0 Å². The van der Waals surface area contributed by atoms with Gasteiger partial charge in [0.05, 0.1) is 11.9 Å². The molecular weight excluding hydrogens is 424 g/mol. The summed E-state index contributed by atoms with van der Waals surface area (Å²) in [5, 5.41) is 8.75. The number of carbonyl (C=O) groups is 2. The number of hydrogen-bond acceptors (Lipinski definition) is 12. The lowest BCUT2D eigenvalue weighted by molar-refractivity contribution is 0.131. The summed E-state index contributed by atoms with van der Waals surface area (Å²) in [5.74, 6) is 0.969. The van der Waals surface area contributed by atoms with E-state index >= 15 is 0 Å². The van der Waals surface area contributed by atoms with Crippen molar-refractivity contribution >= 4 is 67.8 Å². The predicted octanol–water partition coefficient (Wildman–Crippen LogP) is 3.18. The number of ether oxygens (including phenoxy) is 2. The largest absolute Gasteiger partial charge is 0.446 e. The Hall–Kier alpha value is -0.800. The number of nitrogens with zero attached hydrogens (tertiary/aromatic N) is 4. The summed E-state index contributed by atoms with van der Waals surface area (Å²) in [7, 11) is 4.95. The highest BCUT2D eigenvalue weighted by atomic mass is 33.1. The first-order valence-electron chi connectivity index (χ1n) is 7.27. The molecule has 2 aliphatic heterocycles. The van der Waals surface area contributed by atoms with Crippen LogP contribution in [-0.4, -0.2) is 69.1 Å². The molecule has 0 bridgehead atoms. The number of thioether (sulfide) groups is 2. The third-order valence-electron chi connectivity index (χ3n) is 2.94. The minimum absolute atomic E-state index is 0.186. The fourth-order valence-electron chi connectivity index (χ4n) is 1.42. The maximum atomic E-state index is 11.9. The minimum Gasteiger partial charge on any atom is -0.361 e. The molecule has 0 N–H and O–H groups in total. The zero-order chi connectivity index (χ0) is 19.1. The van der Waals surface area contributed by atoms with Crippen molar-refractivity contribution in [1.82, 2.24) is 8.61 Å². The Balaban J connectivity index is 1.70. The fraction of sp³-hybridized carbons (Fsp3) is 0.667. The van der Waals surface area contributed by atoms with Gasteiger partial charge in [-0.25, -0.2) is 18.2 Å². The Morgan fingerprint density at radius 3 is 1.65 bits per heavy atom. The van der Waals surface area contributed by atoms with E-state index in [0.717, 1.165) is 22.0 Å². The van der Waals surface area contributed by atoms with E-state index in [1.54, 1.807) is 0 Å². The van der Waals surface area contributed by atoms with Crippen LogP contribution in [0, 0.1) is 0 Å². The molecule has 0 spiro atoms. The molecule has 26 heavy (non-hydrogen) atoms. The molecule has 2 heterocycles. The van der Waals surface area contributed by atoms with E-state index in [2.05, 4.69) is 10.3 Å². The molecule has 0 aromatic rings. The number of hydrogen-bond donors (Lipinski definition) is 0. The van der Waals surface area contributed by atoms with Gasteiger partial charge in [-0.2, -0.15) is 0 Å². The van der Waals surface area contributed by atoms with E-state index in [4.69, 9.17) is 19.1 Å². The standard InChI is InChI=1S/C12H18N4O6S4/c1-7-9(23-5-19-7)13-21-11(17)15(3)25-26-16(4)12(18)22-14-10-8(2)20-6-24-10/h7-8H,5-6H2,1-4H3. The number of oxime groups is 2. The first-order chi connectivity index (χ1) is 12.4. The molecule has 0 aromatic carbocycles. The van der Waals surface area contributed by atoms with E-state index in [9.17, 15) is 9.59 Å². The highest BCUT2D eigenvalue weighted by Crippen LogP contribution is 2.29. The zero-order valence-electron chi connectivity index (χ0n) is 14.4. The fourth-order valence-corrected chi connectivity index (χ4v) is 4.34. The second-order valence-corrected chi connectivity index (χ2v) is 9.03. The van der Waals surface area contributed by atoms with Gasteiger partial charge in [0.1, 0.15) is 22.3 Å². The lowest BCUT2D eigenvalue weighted by Gasteiger charge is -2.16. The molecule has 0 saturated carbocycles.